The standard InChI is InChI=1S/C16H20FNO4/c1-16(22-2,12-8-3-4-9-13(12)17)15(21)18(10-14(19)20)11-6-5-7-11/h3-4,8-9,11H,5-7,10H2,1-2H3,(H,19,20). The minimum Gasteiger partial charge on any atom is -0.480 e. The number of carbonyl (C=O) groups is 2. The SMILES string of the molecule is COC(C)(C(=O)N(CC(=O)O)C1CCC1)c1ccccc1F. The largest absolute Gasteiger partial charge is 0.480 e. The van der Waals surface area contributed by atoms with E-state index >= 15 is 0 Å². The lowest BCUT2D eigenvalue weighted by Gasteiger charge is -2.41. The van der Waals surface area contributed by atoms with Crippen LogP contribution in [-0.2, 0) is 19.9 Å². The topological polar surface area (TPSA) is 66.8 Å². The van der Waals surface area contributed by atoms with E-state index in [4.69, 9.17) is 9.84 Å². The van der Waals surface area contributed by atoms with E-state index in [1.54, 1.807) is 6.07 Å². The lowest BCUT2D eigenvalue weighted by Crippen LogP contribution is -2.54. The Morgan fingerprint density at radius 2 is 2.05 bits per heavy atom. The van der Waals surface area contributed by atoms with Crippen molar-refractivity contribution in [1.82, 2.24) is 4.90 Å². The smallest absolute Gasteiger partial charge is 0.323 e. The number of amides is 1. The second-order valence-corrected chi connectivity index (χ2v) is 5.63. The van der Waals surface area contributed by atoms with E-state index in [1.165, 1.54) is 37.1 Å². The Balaban J connectivity index is 2.36. The van der Waals surface area contributed by atoms with Gasteiger partial charge in [0.1, 0.15) is 12.4 Å². The average Bonchev–Trinajstić information content (AvgIpc) is 2.43. The summed E-state index contributed by atoms with van der Waals surface area (Å²) in [6, 6.07) is 5.76. The van der Waals surface area contributed by atoms with Crippen molar-refractivity contribution in [2.24, 2.45) is 0 Å². The maximum Gasteiger partial charge on any atom is 0.323 e. The molecule has 6 heteroatoms. The Hall–Kier alpha value is -1.95. The van der Waals surface area contributed by atoms with Crippen molar-refractivity contribution in [1.29, 1.82) is 0 Å². The molecular weight excluding hydrogens is 289 g/mol. The molecule has 0 aliphatic heterocycles. The molecule has 0 heterocycles. The first-order valence-electron chi connectivity index (χ1n) is 7.23. The van der Waals surface area contributed by atoms with Gasteiger partial charge in [0.2, 0.25) is 0 Å². The van der Waals surface area contributed by atoms with Gasteiger partial charge in [-0.15, -0.1) is 0 Å². The van der Waals surface area contributed by atoms with Crippen LogP contribution in [0.1, 0.15) is 31.7 Å². The van der Waals surface area contributed by atoms with E-state index in [0.29, 0.717) is 0 Å². The molecule has 1 amide bonds. The lowest BCUT2D eigenvalue weighted by atomic mass is 9.87. The summed E-state index contributed by atoms with van der Waals surface area (Å²) in [6.07, 6.45) is 2.48. The number of carboxylic acid groups (broad SMARTS) is 1. The van der Waals surface area contributed by atoms with Gasteiger partial charge < -0.3 is 14.7 Å². The quantitative estimate of drug-likeness (QED) is 0.874. The van der Waals surface area contributed by atoms with Gasteiger partial charge in [-0.2, -0.15) is 0 Å². The highest BCUT2D eigenvalue weighted by Crippen LogP contribution is 2.33. The van der Waals surface area contributed by atoms with Gasteiger partial charge in [-0.25, -0.2) is 4.39 Å². The highest BCUT2D eigenvalue weighted by Gasteiger charge is 2.44. The molecular formula is C16H20FNO4. The van der Waals surface area contributed by atoms with Crippen LogP contribution in [0.2, 0.25) is 0 Å². The number of rotatable bonds is 6. The van der Waals surface area contributed by atoms with Gasteiger partial charge in [0, 0.05) is 18.7 Å². The van der Waals surface area contributed by atoms with Crippen LogP contribution < -0.4 is 0 Å². The van der Waals surface area contributed by atoms with E-state index < -0.39 is 29.8 Å². The molecule has 1 atom stereocenters. The molecule has 1 fully saturated rings. The molecule has 1 aliphatic carbocycles. The molecule has 5 nitrogen and oxygen atoms in total. The molecule has 0 bridgehead atoms. The van der Waals surface area contributed by atoms with Crippen LogP contribution in [0.15, 0.2) is 24.3 Å². The van der Waals surface area contributed by atoms with Crippen molar-refractivity contribution in [2.45, 2.75) is 37.8 Å². The summed E-state index contributed by atoms with van der Waals surface area (Å²) in [5.41, 5.74) is -1.44. The Morgan fingerprint density at radius 1 is 1.41 bits per heavy atom. The van der Waals surface area contributed by atoms with Crippen molar-refractivity contribution in [3.05, 3.63) is 35.6 Å². The maximum atomic E-state index is 14.1. The minimum atomic E-state index is -1.55. The zero-order chi connectivity index (χ0) is 16.3. The normalized spacial score (nSPS) is 17.4. The first-order chi connectivity index (χ1) is 10.4. The molecule has 0 radical (unpaired) electrons. The Labute approximate surface area is 128 Å². The second-order valence-electron chi connectivity index (χ2n) is 5.63. The Bertz CT molecular complexity index is 573. The highest BCUT2D eigenvalue weighted by atomic mass is 19.1. The van der Waals surface area contributed by atoms with Gasteiger partial charge in [0.25, 0.3) is 5.91 Å². The lowest BCUT2D eigenvalue weighted by molar-refractivity contribution is -0.163. The number of nitrogens with zero attached hydrogens (tertiary/aromatic N) is 1. The van der Waals surface area contributed by atoms with Crippen LogP contribution in [0, 0.1) is 5.82 Å². The summed E-state index contributed by atoms with van der Waals surface area (Å²) in [5, 5.41) is 9.06. The van der Waals surface area contributed by atoms with E-state index in [-0.39, 0.29) is 11.6 Å². The van der Waals surface area contributed by atoms with Crippen molar-refractivity contribution >= 4 is 11.9 Å². The van der Waals surface area contributed by atoms with Crippen LogP contribution in [0.3, 0.4) is 0 Å². The number of carbonyl (C=O) groups excluding carboxylic acids is 1. The molecule has 0 saturated heterocycles. The van der Waals surface area contributed by atoms with Crippen molar-refractivity contribution in [3.8, 4) is 0 Å². The number of hydrogen-bond acceptors (Lipinski definition) is 3. The van der Waals surface area contributed by atoms with Crippen molar-refractivity contribution in [3.63, 3.8) is 0 Å². The Morgan fingerprint density at radius 3 is 2.50 bits per heavy atom. The molecule has 0 spiro atoms. The predicted octanol–water partition coefficient (Wildman–Crippen LogP) is 2.15. The van der Waals surface area contributed by atoms with Crippen LogP contribution in [0.25, 0.3) is 0 Å². The third-order valence-corrected chi connectivity index (χ3v) is 4.29. The molecule has 0 aromatic heterocycles. The molecule has 1 aliphatic rings. The van der Waals surface area contributed by atoms with Crippen LogP contribution in [0.4, 0.5) is 4.39 Å². The summed E-state index contributed by atoms with van der Waals surface area (Å²) in [4.78, 5) is 25.3. The van der Waals surface area contributed by atoms with Gasteiger partial charge in [0.15, 0.2) is 5.60 Å². The fourth-order valence-electron chi connectivity index (χ4n) is 2.65. The first kappa shape index (κ1) is 16.4. The average molecular weight is 309 g/mol. The third-order valence-electron chi connectivity index (χ3n) is 4.29. The zero-order valence-corrected chi connectivity index (χ0v) is 12.7. The summed E-state index contributed by atoms with van der Waals surface area (Å²) < 4.78 is 19.4. The van der Waals surface area contributed by atoms with Crippen molar-refractivity contribution in [2.75, 3.05) is 13.7 Å². The van der Waals surface area contributed by atoms with Crippen LogP contribution in [-0.4, -0.2) is 41.6 Å². The summed E-state index contributed by atoms with van der Waals surface area (Å²) in [5.74, 6) is -2.16. The fraction of sp³-hybridized carbons (Fsp3) is 0.500. The second kappa shape index (κ2) is 6.44. The maximum absolute atomic E-state index is 14.1. The molecule has 1 N–H and O–H groups in total. The first-order valence-corrected chi connectivity index (χ1v) is 7.23. The summed E-state index contributed by atoms with van der Waals surface area (Å²) >= 11 is 0. The van der Waals surface area contributed by atoms with Crippen LogP contribution >= 0.6 is 0 Å². The molecule has 1 saturated carbocycles. The monoisotopic (exact) mass is 309 g/mol. The van der Waals surface area contributed by atoms with Gasteiger partial charge in [-0.05, 0) is 32.3 Å². The minimum absolute atomic E-state index is 0.109. The highest BCUT2D eigenvalue weighted by molar-refractivity contribution is 5.89. The van der Waals surface area contributed by atoms with Gasteiger partial charge in [0.05, 0.1) is 0 Å². The molecule has 1 aromatic carbocycles. The number of ether oxygens (including phenoxy) is 1. The van der Waals surface area contributed by atoms with E-state index in [9.17, 15) is 14.0 Å². The number of hydrogen-bond donors (Lipinski definition) is 1. The fourth-order valence-corrected chi connectivity index (χ4v) is 2.65. The summed E-state index contributed by atoms with van der Waals surface area (Å²) in [6.45, 7) is 1.07. The van der Waals surface area contributed by atoms with E-state index in [2.05, 4.69) is 0 Å². The number of halogens is 1. The van der Waals surface area contributed by atoms with Crippen LogP contribution in [0.5, 0.6) is 0 Å². The van der Waals surface area contributed by atoms with Gasteiger partial charge >= 0.3 is 5.97 Å². The molecule has 22 heavy (non-hydrogen) atoms. The zero-order valence-electron chi connectivity index (χ0n) is 12.7. The molecule has 1 unspecified atom stereocenters. The van der Waals surface area contributed by atoms with E-state index in [0.717, 1.165) is 19.3 Å². The molecule has 2 rings (SSSR count). The molecule has 1 aromatic rings. The number of carboxylic acids is 1. The summed E-state index contributed by atoms with van der Waals surface area (Å²) in [7, 11) is 1.32. The predicted molar refractivity (Wildman–Crippen MR) is 77.7 cm³/mol. The molecule has 120 valence electrons. The third kappa shape index (κ3) is 2.97. The van der Waals surface area contributed by atoms with E-state index in [1.807, 2.05) is 0 Å². The number of aliphatic carboxylic acids is 1. The number of benzene rings is 1. The van der Waals surface area contributed by atoms with Crippen molar-refractivity contribution < 1.29 is 23.8 Å². The Kier molecular flexibility index (Phi) is 4.81. The van der Waals surface area contributed by atoms with Gasteiger partial charge in [-0.1, -0.05) is 18.2 Å². The van der Waals surface area contributed by atoms with Gasteiger partial charge in [-0.3, -0.25) is 9.59 Å². The number of methoxy groups -OCH3 is 1.